The fourth-order valence-electron chi connectivity index (χ4n) is 2.23. The summed E-state index contributed by atoms with van der Waals surface area (Å²) in [5, 5.41) is 20.0. The number of carbonyl (C=O) groups excluding carboxylic acids is 1. The number of para-hydroxylation sites is 1. The summed E-state index contributed by atoms with van der Waals surface area (Å²) in [7, 11) is 4.02. The smallest absolute Gasteiger partial charge is 0.276 e. The number of aromatic nitrogens is 5. The second kappa shape index (κ2) is 7.01. The number of fused-ring (bicyclic) bond motifs is 1. The minimum atomic E-state index is -0.391. The van der Waals surface area contributed by atoms with Gasteiger partial charge < -0.3 is 10.2 Å². The maximum absolute atomic E-state index is 12.4. The molecule has 0 saturated heterocycles. The minimum Gasteiger partial charge on any atom is -0.383 e. The number of hydrogen-bond donors (Lipinski definition) is 3. The van der Waals surface area contributed by atoms with Crippen molar-refractivity contribution in [3.05, 3.63) is 36.0 Å². The summed E-state index contributed by atoms with van der Waals surface area (Å²) in [6.45, 7) is 1.63. The second-order valence-corrected chi connectivity index (χ2v) is 5.49. The molecule has 1 amide bonds. The van der Waals surface area contributed by atoms with Crippen LogP contribution in [0, 0.1) is 0 Å². The molecule has 0 aliphatic heterocycles. The molecule has 24 heavy (non-hydrogen) atoms. The van der Waals surface area contributed by atoms with Crippen LogP contribution < -0.4 is 10.6 Å². The SMILES string of the molecule is CN(C)CCNc1cc(C(=O)Nc2nn[nH]n2)nc2ccccc12. The Hall–Kier alpha value is -3.07. The van der Waals surface area contributed by atoms with Gasteiger partial charge in [0.1, 0.15) is 5.69 Å². The van der Waals surface area contributed by atoms with Crippen LogP contribution in [0.3, 0.4) is 0 Å². The third-order valence-corrected chi connectivity index (χ3v) is 3.39. The molecule has 0 aliphatic carbocycles. The van der Waals surface area contributed by atoms with Crippen LogP contribution >= 0.6 is 0 Å². The van der Waals surface area contributed by atoms with Crippen LogP contribution in [0.4, 0.5) is 11.6 Å². The molecule has 0 aliphatic rings. The lowest BCUT2D eigenvalue weighted by molar-refractivity contribution is 0.102. The maximum Gasteiger partial charge on any atom is 0.276 e. The van der Waals surface area contributed by atoms with Crippen LogP contribution in [-0.4, -0.2) is 63.6 Å². The number of amides is 1. The Morgan fingerprint density at radius 3 is 2.88 bits per heavy atom. The molecule has 9 nitrogen and oxygen atoms in total. The minimum absolute atomic E-state index is 0.108. The average molecular weight is 326 g/mol. The molecule has 0 unspecified atom stereocenters. The Morgan fingerprint density at radius 1 is 1.29 bits per heavy atom. The van der Waals surface area contributed by atoms with Gasteiger partial charge >= 0.3 is 0 Å². The largest absolute Gasteiger partial charge is 0.383 e. The molecule has 0 radical (unpaired) electrons. The van der Waals surface area contributed by atoms with Crippen molar-refractivity contribution >= 4 is 28.4 Å². The summed E-state index contributed by atoms with van der Waals surface area (Å²) < 4.78 is 0. The van der Waals surface area contributed by atoms with Gasteiger partial charge in [0.2, 0.25) is 0 Å². The fraction of sp³-hybridized carbons (Fsp3) is 0.267. The maximum atomic E-state index is 12.4. The molecular weight excluding hydrogens is 308 g/mol. The third kappa shape index (κ3) is 3.63. The van der Waals surface area contributed by atoms with Gasteiger partial charge in [0.25, 0.3) is 11.9 Å². The molecule has 0 saturated carbocycles. The van der Waals surface area contributed by atoms with Gasteiger partial charge in [0.15, 0.2) is 0 Å². The lowest BCUT2D eigenvalue weighted by Gasteiger charge is -2.14. The molecule has 9 heteroatoms. The van der Waals surface area contributed by atoms with Gasteiger partial charge in [-0.25, -0.2) is 4.98 Å². The summed E-state index contributed by atoms with van der Waals surface area (Å²) in [6.07, 6.45) is 0. The molecule has 0 spiro atoms. The number of H-pyrrole nitrogens is 1. The summed E-state index contributed by atoms with van der Waals surface area (Å²) in [4.78, 5) is 18.9. The lowest BCUT2D eigenvalue weighted by atomic mass is 10.1. The van der Waals surface area contributed by atoms with E-state index < -0.39 is 5.91 Å². The Balaban J connectivity index is 1.89. The van der Waals surface area contributed by atoms with Gasteiger partial charge in [-0.15, -0.1) is 5.10 Å². The predicted octanol–water partition coefficient (Wildman–Crippen LogP) is 0.974. The monoisotopic (exact) mass is 326 g/mol. The Labute approximate surface area is 138 Å². The van der Waals surface area contributed by atoms with Crippen LogP contribution in [0.1, 0.15) is 10.5 Å². The Morgan fingerprint density at radius 2 is 2.12 bits per heavy atom. The summed E-state index contributed by atoms with van der Waals surface area (Å²) >= 11 is 0. The molecule has 3 rings (SSSR count). The number of nitrogens with one attached hydrogen (secondary N) is 3. The molecule has 0 fully saturated rings. The van der Waals surface area contributed by atoms with E-state index in [-0.39, 0.29) is 11.6 Å². The normalized spacial score (nSPS) is 11.0. The molecule has 0 atom stereocenters. The van der Waals surface area contributed by atoms with Gasteiger partial charge in [0.05, 0.1) is 5.52 Å². The third-order valence-electron chi connectivity index (χ3n) is 3.39. The van der Waals surface area contributed by atoms with E-state index in [0.29, 0.717) is 0 Å². The molecule has 3 aromatic rings. The molecule has 2 aromatic heterocycles. The first-order valence-corrected chi connectivity index (χ1v) is 7.46. The van der Waals surface area contributed by atoms with Crippen LogP contribution in [0.5, 0.6) is 0 Å². The number of rotatable bonds is 6. The van der Waals surface area contributed by atoms with E-state index in [1.165, 1.54) is 0 Å². The van der Waals surface area contributed by atoms with Crippen LogP contribution in [0.25, 0.3) is 10.9 Å². The second-order valence-electron chi connectivity index (χ2n) is 5.49. The van der Waals surface area contributed by atoms with Crippen molar-refractivity contribution in [2.24, 2.45) is 0 Å². The van der Waals surface area contributed by atoms with E-state index in [1.54, 1.807) is 6.07 Å². The first-order valence-electron chi connectivity index (χ1n) is 7.46. The predicted molar refractivity (Wildman–Crippen MR) is 90.9 cm³/mol. The molecule has 124 valence electrons. The van der Waals surface area contributed by atoms with Crippen molar-refractivity contribution < 1.29 is 4.79 Å². The van der Waals surface area contributed by atoms with E-state index in [2.05, 4.69) is 41.1 Å². The number of likely N-dealkylation sites (N-methyl/N-ethyl adjacent to an activating group) is 1. The van der Waals surface area contributed by atoms with Crippen molar-refractivity contribution in [2.45, 2.75) is 0 Å². The topological polar surface area (TPSA) is 112 Å². The van der Waals surface area contributed by atoms with Crippen LogP contribution in [-0.2, 0) is 0 Å². The Kier molecular flexibility index (Phi) is 4.62. The highest BCUT2D eigenvalue weighted by Crippen LogP contribution is 2.23. The zero-order chi connectivity index (χ0) is 16.9. The highest BCUT2D eigenvalue weighted by atomic mass is 16.2. The quantitative estimate of drug-likeness (QED) is 0.619. The molecular formula is C15H18N8O. The molecule has 3 N–H and O–H groups in total. The van der Waals surface area contributed by atoms with Crippen molar-refractivity contribution in [3.8, 4) is 0 Å². The number of aromatic amines is 1. The fourth-order valence-corrected chi connectivity index (χ4v) is 2.23. The van der Waals surface area contributed by atoms with Crippen molar-refractivity contribution in [3.63, 3.8) is 0 Å². The van der Waals surface area contributed by atoms with E-state index in [4.69, 9.17) is 0 Å². The highest BCUT2D eigenvalue weighted by molar-refractivity contribution is 6.05. The van der Waals surface area contributed by atoms with Gasteiger partial charge in [-0.2, -0.15) is 5.21 Å². The number of anilines is 2. The van der Waals surface area contributed by atoms with E-state index in [1.807, 2.05) is 38.4 Å². The van der Waals surface area contributed by atoms with Crippen molar-refractivity contribution in [1.82, 2.24) is 30.5 Å². The van der Waals surface area contributed by atoms with Gasteiger partial charge in [-0.05, 0) is 31.4 Å². The van der Waals surface area contributed by atoms with E-state index in [9.17, 15) is 4.79 Å². The lowest BCUT2D eigenvalue weighted by Crippen LogP contribution is -2.21. The summed E-state index contributed by atoms with van der Waals surface area (Å²) in [6, 6.07) is 9.41. The standard InChI is InChI=1S/C15H18N8O/c1-23(2)8-7-16-12-9-13(14(24)18-15-19-21-22-20-15)17-11-6-4-3-5-10(11)12/h3-6,9H,7-8H2,1-2H3,(H,16,17)(H2,18,19,20,21,22,24). The zero-order valence-corrected chi connectivity index (χ0v) is 13.4. The van der Waals surface area contributed by atoms with E-state index in [0.717, 1.165) is 29.7 Å². The summed E-state index contributed by atoms with van der Waals surface area (Å²) in [5.74, 6) is -0.283. The number of hydrogen-bond acceptors (Lipinski definition) is 7. The first-order chi connectivity index (χ1) is 11.6. The van der Waals surface area contributed by atoms with Crippen LogP contribution in [0.2, 0.25) is 0 Å². The molecule has 0 bridgehead atoms. The van der Waals surface area contributed by atoms with Gasteiger partial charge in [-0.3, -0.25) is 10.1 Å². The number of benzene rings is 1. The number of carbonyl (C=O) groups is 1. The summed E-state index contributed by atoms with van der Waals surface area (Å²) in [5.41, 5.74) is 1.89. The molecule has 2 heterocycles. The zero-order valence-electron chi connectivity index (χ0n) is 13.4. The van der Waals surface area contributed by atoms with Crippen molar-refractivity contribution in [1.29, 1.82) is 0 Å². The highest BCUT2D eigenvalue weighted by Gasteiger charge is 2.13. The molecule has 1 aromatic carbocycles. The Bertz CT molecular complexity index is 831. The first kappa shape index (κ1) is 15.8. The number of pyridine rings is 1. The van der Waals surface area contributed by atoms with Gasteiger partial charge in [-0.1, -0.05) is 23.3 Å². The number of tetrazole rings is 1. The van der Waals surface area contributed by atoms with Crippen LogP contribution in [0.15, 0.2) is 30.3 Å². The van der Waals surface area contributed by atoms with Gasteiger partial charge in [0, 0.05) is 24.2 Å². The van der Waals surface area contributed by atoms with Crippen molar-refractivity contribution in [2.75, 3.05) is 37.8 Å². The number of nitrogens with zero attached hydrogens (tertiary/aromatic N) is 5. The van der Waals surface area contributed by atoms with E-state index >= 15 is 0 Å². The average Bonchev–Trinajstić information content (AvgIpc) is 3.07.